The summed E-state index contributed by atoms with van der Waals surface area (Å²) in [6.07, 6.45) is 11.6. The highest BCUT2D eigenvalue weighted by Crippen LogP contribution is 2.44. The van der Waals surface area contributed by atoms with Gasteiger partial charge >= 0.3 is 0 Å². The quantitative estimate of drug-likeness (QED) is 0.636. The van der Waals surface area contributed by atoms with Crippen LogP contribution in [0.3, 0.4) is 0 Å². The summed E-state index contributed by atoms with van der Waals surface area (Å²) in [5.74, 6) is 5.92. The summed E-state index contributed by atoms with van der Waals surface area (Å²) < 4.78 is 0. The van der Waals surface area contributed by atoms with Gasteiger partial charge in [-0.05, 0) is 67.1 Å². The van der Waals surface area contributed by atoms with E-state index in [1.54, 1.807) is 11.1 Å². The molecule has 3 rings (SSSR count). The summed E-state index contributed by atoms with van der Waals surface area (Å²) in [6, 6.07) is 7.53. The third-order valence-corrected chi connectivity index (χ3v) is 5.85. The number of hydrogen-bond donors (Lipinski definition) is 2. The Labute approximate surface area is 123 Å². The zero-order valence-corrected chi connectivity index (χ0v) is 12.8. The molecule has 2 heteroatoms. The molecule has 1 atom stereocenters. The number of aryl methyl sites for hydroxylation is 2. The molecule has 2 aliphatic rings. The number of nitrogens with one attached hydrogen (secondary N) is 1. The van der Waals surface area contributed by atoms with Crippen LogP contribution in [-0.2, 0) is 19.3 Å². The van der Waals surface area contributed by atoms with Crippen molar-refractivity contribution in [3.63, 3.8) is 0 Å². The van der Waals surface area contributed by atoms with Crippen molar-refractivity contribution in [1.29, 1.82) is 0 Å². The van der Waals surface area contributed by atoms with Crippen LogP contribution in [0.15, 0.2) is 18.2 Å². The first-order valence-electron chi connectivity index (χ1n) is 8.34. The Morgan fingerprint density at radius 3 is 2.60 bits per heavy atom. The third kappa shape index (κ3) is 2.51. The minimum Gasteiger partial charge on any atom is -0.271 e. The predicted octanol–water partition coefficient (Wildman–Crippen LogP) is 3.52. The molecule has 110 valence electrons. The maximum absolute atomic E-state index is 5.92. The first kappa shape index (κ1) is 14.1. The molecule has 0 aliphatic heterocycles. The number of rotatable bonds is 5. The van der Waals surface area contributed by atoms with E-state index in [9.17, 15) is 0 Å². The summed E-state index contributed by atoms with van der Waals surface area (Å²) in [4.78, 5) is 0. The fraction of sp³-hybridized carbons (Fsp3) is 0.667. The monoisotopic (exact) mass is 272 g/mol. The fourth-order valence-corrected chi connectivity index (χ4v) is 4.47. The smallest absolute Gasteiger partial charge is 0.0307 e. The summed E-state index contributed by atoms with van der Waals surface area (Å²) in [5, 5.41) is 0. The van der Waals surface area contributed by atoms with Crippen LogP contribution >= 0.6 is 0 Å². The molecule has 1 aromatic carbocycles. The Morgan fingerprint density at radius 1 is 1.15 bits per heavy atom. The summed E-state index contributed by atoms with van der Waals surface area (Å²) >= 11 is 0. The Morgan fingerprint density at radius 2 is 1.90 bits per heavy atom. The van der Waals surface area contributed by atoms with Crippen molar-refractivity contribution >= 4 is 0 Å². The lowest BCUT2D eigenvalue weighted by Crippen LogP contribution is -2.48. The van der Waals surface area contributed by atoms with E-state index in [1.165, 1.54) is 56.9 Å². The zero-order chi connectivity index (χ0) is 14.0. The Kier molecular flexibility index (Phi) is 4.13. The van der Waals surface area contributed by atoms with Crippen LogP contribution in [0.4, 0.5) is 0 Å². The van der Waals surface area contributed by atoms with Crippen LogP contribution in [0.25, 0.3) is 0 Å². The Balaban J connectivity index is 1.77. The fourth-order valence-electron chi connectivity index (χ4n) is 4.47. The van der Waals surface area contributed by atoms with Gasteiger partial charge in [-0.15, -0.1) is 0 Å². The summed E-state index contributed by atoms with van der Waals surface area (Å²) in [5.41, 5.74) is 8.19. The van der Waals surface area contributed by atoms with Gasteiger partial charge < -0.3 is 0 Å². The molecule has 1 unspecified atom stereocenters. The van der Waals surface area contributed by atoms with Crippen LogP contribution in [0.1, 0.15) is 62.1 Å². The van der Waals surface area contributed by atoms with E-state index in [-0.39, 0.29) is 0 Å². The van der Waals surface area contributed by atoms with Gasteiger partial charge in [0.1, 0.15) is 0 Å². The highest BCUT2D eigenvalue weighted by Gasteiger charge is 2.39. The molecule has 0 aromatic heterocycles. The molecule has 0 bridgehead atoms. The maximum atomic E-state index is 5.92. The van der Waals surface area contributed by atoms with Crippen molar-refractivity contribution in [3.05, 3.63) is 34.9 Å². The molecule has 0 heterocycles. The molecular weight excluding hydrogens is 244 g/mol. The molecule has 0 radical (unpaired) electrons. The van der Waals surface area contributed by atoms with Gasteiger partial charge in [0, 0.05) is 6.04 Å². The van der Waals surface area contributed by atoms with E-state index in [2.05, 4.69) is 30.5 Å². The van der Waals surface area contributed by atoms with Crippen molar-refractivity contribution in [2.45, 2.75) is 70.8 Å². The van der Waals surface area contributed by atoms with Gasteiger partial charge in [-0.25, -0.2) is 0 Å². The van der Waals surface area contributed by atoms with Gasteiger partial charge in [-0.2, -0.15) is 0 Å². The molecule has 1 fully saturated rings. The van der Waals surface area contributed by atoms with Crippen molar-refractivity contribution in [1.82, 2.24) is 5.43 Å². The molecule has 0 spiro atoms. The van der Waals surface area contributed by atoms with Gasteiger partial charge in [0.15, 0.2) is 0 Å². The van der Waals surface area contributed by atoms with Crippen LogP contribution < -0.4 is 11.3 Å². The molecule has 0 amide bonds. The number of hydrogen-bond acceptors (Lipinski definition) is 2. The SMILES string of the molecule is CCC1(C(Cc2ccc3c(c2)CCC3)NN)CCCC1. The number of nitrogens with two attached hydrogens (primary N) is 1. The molecule has 0 saturated heterocycles. The molecular formula is C18H28N2. The lowest BCUT2D eigenvalue weighted by molar-refractivity contribution is 0.185. The first-order chi connectivity index (χ1) is 9.77. The molecule has 1 aromatic rings. The van der Waals surface area contributed by atoms with Gasteiger partial charge in [0.25, 0.3) is 0 Å². The van der Waals surface area contributed by atoms with Gasteiger partial charge in [0.05, 0.1) is 0 Å². The van der Waals surface area contributed by atoms with Crippen molar-refractivity contribution < 1.29 is 0 Å². The van der Waals surface area contributed by atoms with Crippen LogP contribution in [0.2, 0.25) is 0 Å². The summed E-state index contributed by atoms with van der Waals surface area (Å²) in [6.45, 7) is 2.33. The second kappa shape index (κ2) is 5.87. The zero-order valence-electron chi connectivity index (χ0n) is 12.8. The molecule has 2 aliphatic carbocycles. The number of benzene rings is 1. The normalized spacial score (nSPS) is 21.9. The van der Waals surface area contributed by atoms with Crippen molar-refractivity contribution in [2.24, 2.45) is 11.3 Å². The highest BCUT2D eigenvalue weighted by atomic mass is 15.2. The first-order valence-corrected chi connectivity index (χ1v) is 8.34. The maximum Gasteiger partial charge on any atom is 0.0307 e. The summed E-state index contributed by atoms with van der Waals surface area (Å²) in [7, 11) is 0. The van der Waals surface area contributed by atoms with E-state index in [0.717, 1.165) is 6.42 Å². The second-order valence-corrected chi connectivity index (χ2v) is 6.80. The second-order valence-electron chi connectivity index (χ2n) is 6.80. The Bertz CT molecular complexity index is 460. The minimum atomic E-state index is 0.424. The van der Waals surface area contributed by atoms with Gasteiger partial charge in [0.2, 0.25) is 0 Å². The van der Waals surface area contributed by atoms with Crippen molar-refractivity contribution in [2.75, 3.05) is 0 Å². The van der Waals surface area contributed by atoms with Gasteiger partial charge in [-0.3, -0.25) is 11.3 Å². The van der Waals surface area contributed by atoms with E-state index in [1.807, 2.05) is 0 Å². The third-order valence-electron chi connectivity index (χ3n) is 5.85. The van der Waals surface area contributed by atoms with Crippen LogP contribution in [0.5, 0.6) is 0 Å². The average molecular weight is 272 g/mol. The lowest BCUT2D eigenvalue weighted by Gasteiger charge is -2.36. The average Bonchev–Trinajstić information content (AvgIpc) is 3.13. The van der Waals surface area contributed by atoms with Gasteiger partial charge in [-0.1, -0.05) is 38.0 Å². The minimum absolute atomic E-state index is 0.424. The Hall–Kier alpha value is -0.860. The van der Waals surface area contributed by atoms with E-state index in [0.29, 0.717) is 11.5 Å². The molecule has 20 heavy (non-hydrogen) atoms. The van der Waals surface area contributed by atoms with E-state index < -0.39 is 0 Å². The van der Waals surface area contributed by atoms with Crippen LogP contribution in [-0.4, -0.2) is 6.04 Å². The van der Waals surface area contributed by atoms with E-state index >= 15 is 0 Å². The van der Waals surface area contributed by atoms with Crippen LogP contribution in [0, 0.1) is 5.41 Å². The highest BCUT2D eigenvalue weighted by molar-refractivity contribution is 5.35. The number of hydrazine groups is 1. The van der Waals surface area contributed by atoms with E-state index in [4.69, 9.17) is 5.84 Å². The topological polar surface area (TPSA) is 38.0 Å². The number of fused-ring (bicyclic) bond motifs is 1. The molecule has 2 nitrogen and oxygen atoms in total. The largest absolute Gasteiger partial charge is 0.271 e. The lowest BCUT2D eigenvalue weighted by atomic mass is 9.74. The standard InChI is InChI=1S/C18H28N2/c1-2-18(10-3-4-11-18)17(20-19)13-14-8-9-15-6-5-7-16(15)12-14/h8-9,12,17,20H,2-7,10-11,13,19H2,1H3. The molecule has 3 N–H and O–H groups in total. The molecule has 1 saturated carbocycles. The predicted molar refractivity (Wildman–Crippen MR) is 84.5 cm³/mol. The van der Waals surface area contributed by atoms with Crippen molar-refractivity contribution in [3.8, 4) is 0 Å².